The topological polar surface area (TPSA) is 34.9 Å². The zero-order valence-electron chi connectivity index (χ0n) is 14.1. The van der Waals surface area contributed by atoms with Crippen molar-refractivity contribution < 1.29 is 0 Å². The van der Waals surface area contributed by atoms with Gasteiger partial charge in [0, 0.05) is 10.9 Å². The molecule has 0 radical (unpaired) electrons. The minimum atomic E-state index is -0.0589. The maximum Gasteiger partial charge on any atom is 0.263 e. The van der Waals surface area contributed by atoms with Gasteiger partial charge < -0.3 is 0 Å². The summed E-state index contributed by atoms with van der Waals surface area (Å²) in [6.07, 6.45) is 1.66. The van der Waals surface area contributed by atoms with Crippen molar-refractivity contribution >= 4 is 21.6 Å². The molecular weight excluding hydrogens is 328 g/mol. The number of aryl methyl sites for hydroxylation is 1. The fraction of sp³-hybridized carbons (Fsp3) is 0.143. The van der Waals surface area contributed by atoms with Gasteiger partial charge in [0.15, 0.2) is 0 Å². The second kappa shape index (κ2) is 6.30. The Morgan fingerprint density at radius 2 is 1.76 bits per heavy atom. The molecule has 4 heteroatoms. The molecule has 1 atom stereocenters. The monoisotopic (exact) mass is 346 g/mol. The maximum atomic E-state index is 13.2. The van der Waals surface area contributed by atoms with Crippen molar-refractivity contribution in [3.63, 3.8) is 0 Å². The second-order valence-electron chi connectivity index (χ2n) is 6.24. The van der Waals surface area contributed by atoms with Crippen molar-refractivity contribution in [1.29, 1.82) is 0 Å². The molecule has 0 bridgehead atoms. The zero-order valence-corrected chi connectivity index (χ0v) is 15.0. The van der Waals surface area contributed by atoms with Crippen LogP contribution in [0.5, 0.6) is 0 Å². The van der Waals surface area contributed by atoms with Gasteiger partial charge in [-0.15, -0.1) is 11.3 Å². The van der Waals surface area contributed by atoms with Gasteiger partial charge in [0.05, 0.1) is 17.8 Å². The maximum absolute atomic E-state index is 13.2. The first-order valence-electron chi connectivity index (χ1n) is 8.25. The summed E-state index contributed by atoms with van der Waals surface area (Å²) in [5.74, 6) is 0. The highest BCUT2D eigenvalue weighted by molar-refractivity contribution is 7.17. The molecule has 4 rings (SSSR count). The van der Waals surface area contributed by atoms with Gasteiger partial charge in [-0.3, -0.25) is 9.36 Å². The van der Waals surface area contributed by atoms with E-state index >= 15 is 0 Å². The number of thiophene rings is 1. The number of benzene rings is 2. The van der Waals surface area contributed by atoms with E-state index in [-0.39, 0.29) is 11.6 Å². The molecule has 0 amide bonds. The molecule has 124 valence electrons. The van der Waals surface area contributed by atoms with Crippen LogP contribution in [0.15, 0.2) is 71.1 Å². The Hall–Kier alpha value is -2.72. The lowest BCUT2D eigenvalue weighted by Crippen LogP contribution is -2.24. The SMILES string of the molecule is Cc1ccc(-c2csc3ncn(C(C)c4ccccc4)c(=O)c23)cc1. The Bertz CT molecular complexity index is 1080. The van der Waals surface area contributed by atoms with E-state index in [0.29, 0.717) is 5.39 Å². The fourth-order valence-electron chi connectivity index (χ4n) is 3.06. The van der Waals surface area contributed by atoms with Gasteiger partial charge in [-0.25, -0.2) is 4.98 Å². The van der Waals surface area contributed by atoms with E-state index in [1.807, 2.05) is 42.6 Å². The van der Waals surface area contributed by atoms with Crippen LogP contribution in [-0.4, -0.2) is 9.55 Å². The standard InChI is InChI=1S/C21H18N2OS/c1-14-8-10-17(11-9-14)18-12-25-20-19(18)21(24)23(13-22-20)15(2)16-6-4-3-5-7-16/h3-13,15H,1-2H3. The van der Waals surface area contributed by atoms with Crippen molar-refractivity contribution in [2.75, 3.05) is 0 Å². The summed E-state index contributed by atoms with van der Waals surface area (Å²) >= 11 is 1.52. The third kappa shape index (κ3) is 2.79. The van der Waals surface area contributed by atoms with Crippen molar-refractivity contribution in [2.24, 2.45) is 0 Å². The van der Waals surface area contributed by atoms with Crippen molar-refractivity contribution in [1.82, 2.24) is 9.55 Å². The van der Waals surface area contributed by atoms with Gasteiger partial charge in [0.2, 0.25) is 0 Å². The summed E-state index contributed by atoms with van der Waals surface area (Å²) in [5.41, 5.74) is 4.33. The Kier molecular flexibility index (Phi) is 3.98. The highest BCUT2D eigenvalue weighted by Gasteiger charge is 2.16. The molecule has 4 aromatic rings. The van der Waals surface area contributed by atoms with Crippen molar-refractivity contribution in [2.45, 2.75) is 19.9 Å². The van der Waals surface area contributed by atoms with Crippen LogP contribution >= 0.6 is 11.3 Å². The normalized spacial score (nSPS) is 12.4. The highest BCUT2D eigenvalue weighted by Crippen LogP contribution is 2.31. The first kappa shape index (κ1) is 15.8. The van der Waals surface area contributed by atoms with Gasteiger partial charge in [-0.2, -0.15) is 0 Å². The van der Waals surface area contributed by atoms with Crippen LogP contribution in [0.2, 0.25) is 0 Å². The lowest BCUT2D eigenvalue weighted by molar-refractivity contribution is 0.609. The Morgan fingerprint density at radius 1 is 1.04 bits per heavy atom. The van der Waals surface area contributed by atoms with Crippen LogP contribution < -0.4 is 5.56 Å². The molecule has 2 aromatic carbocycles. The van der Waals surface area contributed by atoms with E-state index in [1.54, 1.807) is 10.9 Å². The summed E-state index contributed by atoms with van der Waals surface area (Å²) in [5, 5.41) is 2.74. The van der Waals surface area contributed by atoms with Crippen LogP contribution in [0, 0.1) is 6.92 Å². The quantitative estimate of drug-likeness (QED) is 0.521. The first-order chi connectivity index (χ1) is 12.1. The number of hydrogen-bond donors (Lipinski definition) is 0. The fourth-order valence-corrected chi connectivity index (χ4v) is 3.97. The summed E-state index contributed by atoms with van der Waals surface area (Å²) in [6.45, 7) is 4.09. The van der Waals surface area contributed by atoms with Gasteiger partial charge in [-0.1, -0.05) is 60.2 Å². The zero-order chi connectivity index (χ0) is 17.4. The third-order valence-corrected chi connectivity index (χ3v) is 5.47. The number of nitrogens with zero attached hydrogens (tertiary/aromatic N) is 2. The van der Waals surface area contributed by atoms with E-state index < -0.39 is 0 Å². The third-order valence-electron chi connectivity index (χ3n) is 4.58. The Balaban J connectivity index is 1.89. The van der Waals surface area contributed by atoms with Crippen LogP contribution in [0.25, 0.3) is 21.3 Å². The molecule has 25 heavy (non-hydrogen) atoms. The van der Waals surface area contributed by atoms with E-state index in [4.69, 9.17) is 0 Å². The molecule has 0 saturated carbocycles. The van der Waals surface area contributed by atoms with E-state index in [0.717, 1.165) is 21.5 Å². The lowest BCUT2D eigenvalue weighted by Gasteiger charge is -2.15. The largest absolute Gasteiger partial charge is 0.291 e. The molecule has 2 heterocycles. The van der Waals surface area contributed by atoms with Gasteiger partial charge in [-0.05, 0) is 25.0 Å². The molecule has 0 aliphatic heterocycles. The molecule has 0 spiro atoms. The molecule has 2 aromatic heterocycles. The predicted molar refractivity (Wildman–Crippen MR) is 104 cm³/mol. The van der Waals surface area contributed by atoms with Crippen LogP contribution in [0.4, 0.5) is 0 Å². The summed E-state index contributed by atoms with van der Waals surface area (Å²) in [4.78, 5) is 18.5. The minimum Gasteiger partial charge on any atom is -0.291 e. The smallest absolute Gasteiger partial charge is 0.263 e. The average Bonchev–Trinajstić information content (AvgIpc) is 3.08. The van der Waals surface area contributed by atoms with Crippen LogP contribution in [0.3, 0.4) is 0 Å². The van der Waals surface area contributed by atoms with Crippen LogP contribution in [-0.2, 0) is 0 Å². The molecule has 0 N–H and O–H groups in total. The highest BCUT2D eigenvalue weighted by atomic mass is 32.1. The Labute approximate surface area is 150 Å². The molecule has 0 saturated heterocycles. The predicted octanol–water partition coefficient (Wildman–Crippen LogP) is 5.04. The first-order valence-corrected chi connectivity index (χ1v) is 9.13. The lowest BCUT2D eigenvalue weighted by atomic mass is 10.0. The molecule has 3 nitrogen and oxygen atoms in total. The van der Waals surface area contributed by atoms with Gasteiger partial charge in [0.1, 0.15) is 4.83 Å². The van der Waals surface area contributed by atoms with Crippen molar-refractivity contribution in [3.05, 3.63) is 87.8 Å². The molecule has 1 unspecified atom stereocenters. The minimum absolute atomic E-state index is 0.0122. The van der Waals surface area contributed by atoms with Gasteiger partial charge in [0.25, 0.3) is 5.56 Å². The Morgan fingerprint density at radius 3 is 2.48 bits per heavy atom. The van der Waals surface area contributed by atoms with Gasteiger partial charge >= 0.3 is 0 Å². The van der Waals surface area contributed by atoms with E-state index in [9.17, 15) is 4.79 Å². The van der Waals surface area contributed by atoms with E-state index in [1.165, 1.54) is 16.9 Å². The molecule has 0 aliphatic rings. The summed E-state index contributed by atoms with van der Waals surface area (Å²) in [6, 6.07) is 18.2. The summed E-state index contributed by atoms with van der Waals surface area (Å²) in [7, 11) is 0. The number of hydrogen-bond acceptors (Lipinski definition) is 3. The average molecular weight is 346 g/mol. The molecule has 0 aliphatic carbocycles. The number of fused-ring (bicyclic) bond motifs is 1. The van der Waals surface area contributed by atoms with E-state index in [2.05, 4.69) is 36.2 Å². The number of aromatic nitrogens is 2. The summed E-state index contributed by atoms with van der Waals surface area (Å²) < 4.78 is 1.72. The molecular formula is C21H18N2OS. The van der Waals surface area contributed by atoms with Crippen LogP contribution in [0.1, 0.15) is 24.1 Å². The van der Waals surface area contributed by atoms with Crippen molar-refractivity contribution in [3.8, 4) is 11.1 Å². The molecule has 0 fully saturated rings. The number of rotatable bonds is 3. The second-order valence-corrected chi connectivity index (χ2v) is 7.10.